The zero-order chi connectivity index (χ0) is 42.0. The van der Waals surface area contributed by atoms with E-state index in [1.54, 1.807) is 0 Å². The maximum Gasteiger partial charge on any atom is 0.422 e. The quantitative estimate of drug-likeness (QED) is 0.0946. The van der Waals surface area contributed by atoms with Crippen molar-refractivity contribution in [3.63, 3.8) is 0 Å². The predicted octanol–water partition coefficient (Wildman–Crippen LogP) is 14.2. The monoisotopic (exact) mass is 822 g/mol. The Morgan fingerprint density at radius 1 is 0.298 bits per heavy atom. The van der Waals surface area contributed by atoms with Crippen molar-refractivity contribution in [2.75, 3.05) is 0 Å². The lowest BCUT2D eigenvalue weighted by molar-refractivity contribution is -0.144. The van der Waals surface area contributed by atoms with E-state index in [0.29, 0.717) is 0 Å². The van der Waals surface area contributed by atoms with Crippen LogP contribution in [0, 0.1) is 76.7 Å². The van der Waals surface area contributed by atoms with Crippen molar-refractivity contribution >= 4 is 32.3 Å². The molecule has 0 atom stereocenters. The van der Waals surface area contributed by atoms with Gasteiger partial charge in [-0.25, -0.2) is 52.7 Å². The van der Waals surface area contributed by atoms with E-state index in [1.165, 1.54) is 0 Å². The largest absolute Gasteiger partial charge is 0.422 e. The lowest BCUT2D eigenvalue weighted by Crippen LogP contribution is -2.16. The van der Waals surface area contributed by atoms with Gasteiger partial charge >= 0.3 is 12.4 Å². The first-order valence-corrected chi connectivity index (χ1v) is 15.6. The molecule has 0 aliphatic rings. The van der Waals surface area contributed by atoms with Crippen LogP contribution in [-0.4, -0.2) is 0 Å². The topological polar surface area (TPSA) is 0 Å². The Balaban J connectivity index is 1.60. The molecule has 18 heteroatoms. The number of fused-ring (bicyclic) bond motifs is 6. The molecule has 0 amide bonds. The summed E-state index contributed by atoms with van der Waals surface area (Å²) < 4.78 is 258. The highest BCUT2D eigenvalue weighted by Crippen LogP contribution is 2.46. The lowest BCUT2D eigenvalue weighted by Gasteiger charge is -2.18. The third kappa shape index (κ3) is 5.81. The van der Waals surface area contributed by atoms with E-state index in [-0.39, 0.29) is 32.3 Å². The van der Waals surface area contributed by atoms with Gasteiger partial charge in [0.2, 0.25) is 0 Å². The Hall–Kier alpha value is -5.94. The molecular weight excluding hydrogens is 810 g/mol. The molecule has 0 aliphatic heterocycles. The third-order valence-electron chi connectivity index (χ3n) is 9.37. The molecule has 57 heavy (non-hydrogen) atoms. The molecule has 0 aliphatic carbocycles. The summed E-state index contributed by atoms with van der Waals surface area (Å²) in [5.41, 5.74) is -13.6. The summed E-state index contributed by atoms with van der Waals surface area (Å²) in [4.78, 5) is 0. The standard InChI is InChI=1S/C39H12F18/c1-11-26(40)28(42)21(29(43)27(11)41)12-2-5-15-18(8-12)16-6-3-13(22-30(44)34(48)24(38(52,53)54)35(49)31(22)45)10-20(16)17-7-4-14(9-19(15)17)23-32(46)36(50)25(39(55,56)57)37(51)33(23)47/h2-10H,1H3. The Morgan fingerprint density at radius 3 is 0.754 bits per heavy atom. The van der Waals surface area contributed by atoms with Crippen molar-refractivity contribution < 1.29 is 79.0 Å². The zero-order valence-electron chi connectivity index (χ0n) is 27.5. The Kier molecular flexibility index (Phi) is 9.00. The van der Waals surface area contributed by atoms with Crippen LogP contribution in [0.15, 0.2) is 54.6 Å². The minimum Gasteiger partial charge on any atom is -0.203 e. The Labute approximate surface area is 305 Å². The summed E-state index contributed by atoms with van der Waals surface area (Å²) in [5.74, 6) is -28.6. The van der Waals surface area contributed by atoms with E-state index < -0.39 is 132 Å². The van der Waals surface area contributed by atoms with Crippen LogP contribution in [0.4, 0.5) is 79.0 Å². The summed E-state index contributed by atoms with van der Waals surface area (Å²) in [6, 6.07) is 7.69. The molecular formula is C39H12F18. The molecule has 0 N–H and O–H groups in total. The van der Waals surface area contributed by atoms with Gasteiger partial charge in [-0.05, 0) is 74.1 Å². The van der Waals surface area contributed by atoms with Gasteiger partial charge in [0.1, 0.15) is 11.1 Å². The van der Waals surface area contributed by atoms with Crippen LogP contribution in [0.3, 0.4) is 0 Å². The maximum absolute atomic E-state index is 15.2. The smallest absolute Gasteiger partial charge is 0.203 e. The lowest BCUT2D eigenvalue weighted by atomic mass is 9.88. The van der Waals surface area contributed by atoms with Crippen LogP contribution in [0.2, 0.25) is 0 Å². The van der Waals surface area contributed by atoms with Crippen molar-refractivity contribution in [2.24, 2.45) is 0 Å². The zero-order valence-corrected chi connectivity index (χ0v) is 27.5. The van der Waals surface area contributed by atoms with E-state index in [0.717, 1.165) is 61.5 Å². The van der Waals surface area contributed by atoms with Gasteiger partial charge in [0, 0.05) is 5.56 Å². The van der Waals surface area contributed by atoms with Gasteiger partial charge in [-0.3, -0.25) is 0 Å². The molecule has 0 spiro atoms. The highest BCUT2D eigenvalue weighted by molar-refractivity contribution is 6.26. The summed E-state index contributed by atoms with van der Waals surface area (Å²) >= 11 is 0. The Morgan fingerprint density at radius 2 is 0.526 bits per heavy atom. The first-order valence-electron chi connectivity index (χ1n) is 15.6. The number of benzene rings is 7. The normalized spacial score (nSPS) is 12.5. The molecule has 0 fully saturated rings. The first kappa shape index (κ1) is 39.3. The highest BCUT2D eigenvalue weighted by Gasteiger charge is 2.44. The maximum atomic E-state index is 15.2. The molecule has 0 bridgehead atoms. The number of hydrogen-bond acceptors (Lipinski definition) is 0. The van der Waals surface area contributed by atoms with Crippen LogP contribution in [0.1, 0.15) is 16.7 Å². The van der Waals surface area contributed by atoms with Gasteiger partial charge in [0.25, 0.3) is 0 Å². The van der Waals surface area contributed by atoms with Crippen LogP contribution < -0.4 is 0 Å². The molecule has 294 valence electrons. The van der Waals surface area contributed by atoms with Gasteiger partial charge in [0.05, 0.1) is 16.7 Å². The minimum atomic E-state index is -5.90. The van der Waals surface area contributed by atoms with E-state index in [2.05, 4.69) is 0 Å². The summed E-state index contributed by atoms with van der Waals surface area (Å²) in [6.07, 6.45) is -11.8. The fraction of sp³-hybridized carbons (Fsp3) is 0.0769. The summed E-state index contributed by atoms with van der Waals surface area (Å²) in [5, 5.41) is -1.25. The fourth-order valence-corrected chi connectivity index (χ4v) is 6.74. The summed E-state index contributed by atoms with van der Waals surface area (Å²) in [7, 11) is 0. The van der Waals surface area contributed by atoms with Crippen LogP contribution in [-0.2, 0) is 12.4 Å². The number of alkyl halides is 6. The molecule has 0 heterocycles. The molecule has 0 saturated heterocycles. The molecule has 0 saturated carbocycles. The molecule has 0 nitrogen and oxygen atoms in total. The average molecular weight is 822 g/mol. The molecule has 7 aromatic rings. The first-order chi connectivity index (χ1) is 26.5. The third-order valence-corrected chi connectivity index (χ3v) is 9.37. The van der Waals surface area contributed by atoms with E-state index in [9.17, 15) is 52.7 Å². The van der Waals surface area contributed by atoms with Crippen molar-refractivity contribution in [1.29, 1.82) is 0 Å². The van der Waals surface area contributed by atoms with Crippen molar-refractivity contribution in [1.82, 2.24) is 0 Å². The SMILES string of the molecule is Cc1c(F)c(F)c(-c2ccc3c(c2)c2ccc(-c4c(F)c(F)c(C(F)(F)F)c(F)c4F)cc2c2ccc(-c4c(F)c(F)c(C(F)(F)F)c(F)c4F)cc32)c(F)c1F. The van der Waals surface area contributed by atoms with Gasteiger partial charge in [0.15, 0.2) is 69.8 Å². The van der Waals surface area contributed by atoms with Crippen LogP contribution in [0.25, 0.3) is 65.7 Å². The van der Waals surface area contributed by atoms with Gasteiger partial charge in [-0.2, -0.15) is 26.3 Å². The number of halogens is 18. The van der Waals surface area contributed by atoms with Crippen molar-refractivity contribution in [2.45, 2.75) is 19.3 Å². The molecule has 7 rings (SSSR count). The van der Waals surface area contributed by atoms with E-state index in [4.69, 9.17) is 0 Å². The second-order valence-corrected chi connectivity index (χ2v) is 12.5. The van der Waals surface area contributed by atoms with E-state index in [1.807, 2.05) is 0 Å². The molecule has 7 aromatic carbocycles. The second-order valence-electron chi connectivity index (χ2n) is 12.5. The molecule has 0 unspecified atom stereocenters. The van der Waals surface area contributed by atoms with E-state index >= 15 is 26.3 Å². The van der Waals surface area contributed by atoms with Crippen LogP contribution in [0.5, 0.6) is 0 Å². The second kappa shape index (κ2) is 13.1. The fourth-order valence-electron chi connectivity index (χ4n) is 6.74. The Bertz CT molecular complexity index is 2700. The van der Waals surface area contributed by atoms with Gasteiger partial charge in [-0.1, -0.05) is 36.4 Å². The molecule has 0 radical (unpaired) electrons. The average Bonchev–Trinajstić information content (AvgIpc) is 3.14. The predicted molar refractivity (Wildman–Crippen MR) is 170 cm³/mol. The molecule has 0 aromatic heterocycles. The van der Waals surface area contributed by atoms with Crippen molar-refractivity contribution in [3.05, 3.63) is 141 Å². The van der Waals surface area contributed by atoms with Crippen LogP contribution >= 0.6 is 0 Å². The van der Waals surface area contributed by atoms with Gasteiger partial charge < -0.3 is 0 Å². The highest BCUT2D eigenvalue weighted by atomic mass is 19.4. The van der Waals surface area contributed by atoms with Crippen molar-refractivity contribution in [3.8, 4) is 33.4 Å². The minimum absolute atomic E-state index is 0.123. The van der Waals surface area contributed by atoms with Gasteiger partial charge in [-0.15, -0.1) is 0 Å². The summed E-state index contributed by atoms with van der Waals surface area (Å²) in [6.45, 7) is 0.732. The number of hydrogen-bond donors (Lipinski definition) is 0. The number of rotatable bonds is 3.